The Morgan fingerprint density at radius 1 is 1.48 bits per heavy atom. The molecule has 3 heterocycles. The van der Waals surface area contributed by atoms with Crippen molar-refractivity contribution in [2.75, 3.05) is 13.1 Å². The quantitative estimate of drug-likeness (QED) is 0.767. The number of rotatable bonds is 2. The van der Waals surface area contributed by atoms with E-state index in [4.69, 9.17) is 4.52 Å². The van der Waals surface area contributed by atoms with Crippen molar-refractivity contribution in [2.24, 2.45) is 0 Å². The predicted octanol–water partition coefficient (Wildman–Crippen LogP) is -0.110. The van der Waals surface area contributed by atoms with Gasteiger partial charge in [-0.3, -0.25) is 14.9 Å². The molecule has 0 atom stereocenters. The fourth-order valence-corrected chi connectivity index (χ4v) is 2.55. The minimum Gasteiger partial charge on any atom is -0.364 e. The van der Waals surface area contributed by atoms with Crippen molar-refractivity contribution in [2.45, 2.75) is 32.4 Å². The van der Waals surface area contributed by atoms with Crippen molar-refractivity contribution < 1.29 is 18.9 Å². The summed E-state index contributed by atoms with van der Waals surface area (Å²) in [5.74, 6) is -0.583. The van der Waals surface area contributed by atoms with Crippen LogP contribution < -0.4 is 5.32 Å². The number of carbonyl (C=O) groups is 3. The van der Waals surface area contributed by atoms with Gasteiger partial charge in [-0.15, -0.1) is 0 Å². The summed E-state index contributed by atoms with van der Waals surface area (Å²) in [7, 11) is 0. The Balaban J connectivity index is 1.70. The Morgan fingerprint density at radius 2 is 2.24 bits per heavy atom. The number of aromatic nitrogens is 1. The molecule has 1 saturated heterocycles. The summed E-state index contributed by atoms with van der Waals surface area (Å²) in [5.41, 5.74) is 0.745. The number of nitrogens with one attached hydrogen (secondary N) is 1. The van der Waals surface area contributed by atoms with E-state index >= 15 is 0 Å². The number of carbonyl (C=O) groups excluding carboxylic acids is 3. The molecule has 0 spiro atoms. The Morgan fingerprint density at radius 3 is 2.90 bits per heavy atom. The van der Waals surface area contributed by atoms with E-state index in [1.807, 2.05) is 0 Å². The molecule has 21 heavy (non-hydrogen) atoms. The van der Waals surface area contributed by atoms with Gasteiger partial charge in [0.1, 0.15) is 18.3 Å². The number of amides is 4. The summed E-state index contributed by atoms with van der Waals surface area (Å²) in [4.78, 5) is 38.7. The fraction of sp³-hybridized carbons (Fsp3) is 0.538. The monoisotopic (exact) mass is 292 g/mol. The Bertz CT molecular complexity index is 621. The lowest BCUT2D eigenvalue weighted by Gasteiger charge is -2.31. The number of urea groups is 1. The molecule has 112 valence electrons. The molecule has 1 aromatic rings. The van der Waals surface area contributed by atoms with Crippen molar-refractivity contribution in [3.05, 3.63) is 17.5 Å². The Labute approximate surface area is 121 Å². The summed E-state index contributed by atoms with van der Waals surface area (Å²) < 4.78 is 4.89. The summed E-state index contributed by atoms with van der Waals surface area (Å²) in [6.07, 6.45) is 2.16. The maximum absolute atomic E-state index is 12.4. The van der Waals surface area contributed by atoms with Crippen LogP contribution in [-0.4, -0.2) is 51.4 Å². The van der Waals surface area contributed by atoms with Gasteiger partial charge in [0.2, 0.25) is 5.91 Å². The molecular formula is C13H16N4O4. The van der Waals surface area contributed by atoms with Crippen LogP contribution in [0, 0.1) is 0 Å². The zero-order valence-electron chi connectivity index (χ0n) is 11.9. The van der Waals surface area contributed by atoms with E-state index < -0.39 is 11.6 Å². The van der Waals surface area contributed by atoms with Gasteiger partial charge in [0.15, 0.2) is 0 Å². The number of fused-ring (bicyclic) bond motifs is 1. The highest BCUT2D eigenvalue weighted by Crippen LogP contribution is 2.22. The van der Waals surface area contributed by atoms with Crippen LogP contribution in [0.1, 0.15) is 25.1 Å². The highest BCUT2D eigenvalue weighted by atomic mass is 16.5. The number of nitrogens with zero attached hydrogens (tertiary/aromatic N) is 3. The lowest BCUT2D eigenvalue weighted by atomic mass is 10.0. The summed E-state index contributed by atoms with van der Waals surface area (Å²) in [5, 5.41) is 6.10. The van der Waals surface area contributed by atoms with E-state index in [1.54, 1.807) is 18.7 Å². The van der Waals surface area contributed by atoms with Crippen molar-refractivity contribution >= 4 is 17.8 Å². The highest BCUT2D eigenvalue weighted by molar-refractivity contribution is 6.07. The zero-order valence-corrected chi connectivity index (χ0v) is 11.9. The Kier molecular flexibility index (Phi) is 2.96. The number of hydrogen-bond acceptors (Lipinski definition) is 5. The van der Waals surface area contributed by atoms with Gasteiger partial charge < -0.3 is 14.3 Å². The van der Waals surface area contributed by atoms with Crippen molar-refractivity contribution in [3.63, 3.8) is 0 Å². The number of imide groups is 1. The third kappa shape index (κ3) is 2.16. The largest absolute Gasteiger partial charge is 0.364 e. The average Bonchev–Trinajstić information content (AvgIpc) is 2.97. The Hall–Kier alpha value is -2.38. The second-order valence-electron chi connectivity index (χ2n) is 5.76. The van der Waals surface area contributed by atoms with E-state index in [2.05, 4.69) is 10.5 Å². The van der Waals surface area contributed by atoms with Crippen LogP contribution in [0.5, 0.6) is 0 Å². The van der Waals surface area contributed by atoms with Crippen LogP contribution in [0.2, 0.25) is 0 Å². The van der Waals surface area contributed by atoms with Gasteiger partial charge in [-0.05, 0) is 13.8 Å². The predicted molar refractivity (Wildman–Crippen MR) is 69.9 cm³/mol. The normalized spacial score (nSPS) is 20.5. The molecule has 3 rings (SSSR count). The maximum Gasteiger partial charge on any atom is 0.325 e. The molecule has 2 aliphatic heterocycles. The minimum absolute atomic E-state index is 0.120. The molecule has 2 aliphatic rings. The van der Waals surface area contributed by atoms with Crippen LogP contribution in [0.3, 0.4) is 0 Å². The van der Waals surface area contributed by atoms with E-state index in [-0.39, 0.29) is 18.4 Å². The molecule has 0 unspecified atom stereocenters. The molecule has 0 radical (unpaired) electrons. The standard InChI is InChI=1S/C13H16N4O4/c1-13(2)11(19)14-12(20)17(13)6-10(18)16-4-3-9-8(5-16)7-21-15-9/h7H,3-6H2,1-2H3,(H,14,19,20). The van der Waals surface area contributed by atoms with Crippen LogP contribution in [0.4, 0.5) is 4.79 Å². The molecule has 1 N–H and O–H groups in total. The molecule has 0 aromatic carbocycles. The second-order valence-corrected chi connectivity index (χ2v) is 5.76. The van der Waals surface area contributed by atoms with Crippen LogP contribution >= 0.6 is 0 Å². The van der Waals surface area contributed by atoms with Gasteiger partial charge in [-0.25, -0.2) is 4.79 Å². The zero-order chi connectivity index (χ0) is 15.2. The van der Waals surface area contributed by atoms with Crippen molar-refractivity contribution in [1.29, 1.82) is 0 Å². The maximum atomic E-state index is 12.4. The van der Waals surface area contributed by atoms with Crippen LogP contribution in [-0.2, 0) is 22.6 Å². The summed E-state index contributed by atoms with van der Waals surface area (Å²) in [6.45, 7) is 4.07. The topological polar surface area (TPSA) is 95.8 Å². The van der Waals surface area contributed by atoms with Crippen LogP contribution in [0.15, 0.2) is 10.8 Å². The first-order valence-corrected chi connectivity index (χ1v) is 6.72. The molecule has 1 fully saturated rings. The third-order valence-electron chi connectivity index (χ3n) is 4.05. The van der Waals surface area contributed by atoms with E-state index in [0.29, 0.717) is 19.5 Å². The molecule has 8 heteroatoms. The average molecular weight is 292 g/mol. The first kappa shape index (κ1) is 13.6. The second kappa shape index (κ2) is 4.57. The van der Waals surface area contributed by atoms with Crippen LogP contribution in [0.25, 0.3) is 0 Å². The van der Waals surface area contributed by atoms with E-state index in [0.717, 1.165) is 11.3 Å². The molecule has 0 aliphatic carbocycles. The molecular weight excluding hydrogens is 276 g/mol. The van der Waals surface area contributed by atoms with E-state index in [9.17, 15) is 14.4 Å². The molecule has 4 amide bonds. The van der Waals surface area contributed by atoms with Crippen molar-refractivity contribution in [3.8, 4) is 0 Å². The van der Waals surface area contributed by atoms with Gasteiger partial charge in [-0.1, -0.05) is 5.16 Å². The van der Waals surface area contributed by atoms with Gasteiger partial charge >= 0.3 is 6.03 Å². The summed E-state index contributed by atoms with van der Waals surface area (Å²) >= 11 is 0. The van der Waals surface area contributed by atoms with Gasteiger partial charge in [-0.2, -0.15) is 0 Å². The minimum atomic E-state index is -1.01. The summed E-state index contributed by atoms with van der Waals surface area (Å²) in [6, 6.07) is -0.527. The number of hydrogen-bond donors (Lipinski definition) is 1. The molecule has 8 nitrogen and oxygen atoms in total. The van der Waals surface area contributed by atoms with Gasteiger partial charge in [0.25, 0.3) is 5.91 Å². The third-order valence-corrected chi connectivity index (χ3v) is 4.05. The fourth-order valence-electron chi connectivity index (χ4n) is 2.55. The lowest BCUT2D eigenvalue weighted by molar-refractivity contribution is -0.134. The first-order chi connectivity index (χ1) is 9.89. The smallest absolute Gasteiger partial charge is 0.325 e. The van der Waals surface area contributed by atoms with E-state index in [1.165, 1.54) is 11.2 Å². The molecule has 0 bridgehead atoms. The molecule has 0 saturated carbocycles. The van der Waals surface area contributed by atoms with Gasteiger partial charge in [0, 0.05) is 18.5 Å². The first-order valence-electron chi connectivity index (χ1n) is 6.72. The highest BCUT2D eigenvalue weighted by Gasteiger charge is 2.46. The van der Waals surface area contributed by atoms with Crippen molar-refractivity contribution in [1.82, 2.24) is 20.3 Å². The lowest BCUT2D eigenvalue weighted by Crippen LogP contribution is -2.50. The SMILES string of the molecule is CC1(C)C(=O)NC(=O)N1CC(=O)N1CCc2nocc2C1. The molecule has 1 aromatic heterocycles. The van der Waals surface area contributed by atoms with Gasteiger partial charge in [0.05, 0.1) is 12.2 Å².